The molecule has 0 spiro atoms. The minimum absolute atomic E-state index is 0.0719. The van der Waals surface area contributed by atoms with E-state index in [1.54, 1.807) is 0 Å². The van der Waals surface area contributed by atoms with E-state index in [1.165, 1.54) is 12.1 Å². The fraction of sp³-hybridized carbons (Fsp3) is 0.0769. The molecule has 100 valence electrons. The fourth-order valence-corrected chi connectivity index (χ4v) is 2.27. The summed E-state index contributed by atoms with van der Waals surface area (Å²) in [6.07, 6.45) is 0. The number of halogens is 6. The summed E-state index contributed by atoms with van der Waals surface area (Å²) in [6, 6.07) is 5.12. The van der Waals surface area contributed by atoms with Crippen LogP contribution in [0.15, 0.2) is 34.8 Å². The van der Waals surface area contributed by atoms with E-state index in [0.29, 0.717) is 0 Å². The first-order valence-corrected chi connectivity index (χ1v) is 6.37. The normalized spacial score (nSPS) is 12.5. The molecule has 0 heterocycles. The molecule has 0 aromatic heterocycles. The summed E-state index contributed by atoms with van der Waals surface area (Å²) in [4.78, 5) is 0. The Morgan fingerprint density at radius 2 is 1.58 bits per heavy atom. The van der Waals surface area contributed by atoms with Gasteiger partial charge in [-0.05, 0) is 34.1 Å². The average Bonchev–Trinajstić information content (AvgIpc) is 2.36. The van der Waals surface area contributed by atoms with E-state index in [0.717, 1.165) is 18.2 Å². The third kappa shape index (κ3) is 2.77. The van der Waals surface area contributed by atoms with Gasteiger partial charge in [-0.1, -0.05) is 12.1 Å². The largest absolute Gasteiger partial charge is 0.207 e. The minimum Gasteiger partial charge on any atom is -0.207 e. The van der Waals surface area contributed by atoms with Crippen LogP contribution in [0.1, 0.15) is 16.5 Å². The monoisotopic (exact) mass is 352 g/mol. The molecule has 0 nitrogen and oxygen atoms in total. The maximum Gasteiger partial charge on any atom is 0.163 e. The SMILES string of the molecule is Fc1cc(C(Cl)c2cccc(F)c2F)c(F)cc1Br. The molecule has 0 radical (unpaired) electrons. The molecule has 0 bridgehead atoms. The van der Waals surface area contributed by atoms with Gasteiger partial charge in [-0.2, -0.15) is 0 Å². The van der Waals surface area contributed by atoms with Gasteiger partial charge in [0.25, 0.3) is 0 Å². The number of hydrogen-bond donors (Lipinski definition) is 0. The maximum absolute atomic E-state index is 13.7. The molecule has 0 saturated heterocycles. The van der Waals surface area contributed by atoms with Crippen LogP contribution in [0.2, 0.25) is 0 Å². The van der Waals surface area contributed by atoms with Crippen LogP contribution in [0.4, 0.5) is 17.6 Å². The quantitative estimate of drug-likeness (QED) is 0.389. The summed E-state index contributed by atoms with van der Waals surface area (Å²) in [6.45, 7) is 0. The molecular weight excluding hydrogens is 347 g/mol. The first-order chi connectivity index (χ1) is 8.91. The molecule has 6 heteroatoms. The van der Waals surface area contributed by atoms with Crippen molar-refractivity contribution in [3.63, 3.8) is 0 Å². The lowest BCUT2D eigenvalue weighted by molar-refractivity contribution is 0.498. The van der Waals surface area contributed by atoms with Crippen molar-refractivity contribution in [2.45, 2.75) is 5.38 Å². The van der Waals surface area contributed by atoms with Crippen LogP contribution in [0.3, 0.4) is 0 Å². The van der Waals surface area contributed by atoms with Gasteiger partial charge in [0.05, 0.1) is 9.85 Å². The minimum atomic E-state index is -1.32. The van der Waals surface area contributed by atoms with Gasteiger partial charge < -0.3 is 0 Å². The number of rotatable bonds is 2. The molecule has 2 rings (SSSR count). The van der Waals surface area contributed by atoms with Gasteiger partial charge in [0, 0.05) is 11.1 Å². The van der Waals surface area contributed by atoms with Crippen LogP contribution in [0, 0.1) is 23.3 Å². The zero-order chi connectivity index (χ0) is 14.2. The zero-order valence-electron chi connectivity index (χ0n) is 9.23. The summed E-state index contributed by atoms with van der Waals surface area (Å²) in [5.74, 6) is -3.82. The highest BCUT2D eigenvalue weighted by Crippen LogP contribution is 2.34. The van der Waals surface area contributed by atoms with Gasteiger partial charge >= 0.3 is 0 Å². The molecule has 0 saturated carbocycles. The zero-order valence-corrected chi connectivity index (χ0v) is 11.6. The number of alkyl halides is 1. The summed E-state index contributed by atoms with van der Waals surface area (Å²) in [5, 5.41) is -1.32. The molecule has 0 aliphatic rings. The molecule has 0 N–H and O–H groups in total. The third-order valence-corrected chi connectivity index (χ3v) is 3.65. The van der Waals surface area contributed by atoms with Crippen LogP contribution < -0.4 is 0 Å². The predicted octanol–water partition coefficient (Wildman–Crippen LogP) is 5.33. The van der Waals surface area contributed by atoms with Gasteiger partial charge in [0.1, 0.15) is 11.6 Å². The number of benzene rings is 2. The Morgan fingerprint density at radius 1 is 0.895 bits per heavy atom. The van der Waals surface area contributed by atoms with Gasteiger partial charge in [-0.25, -0.2) is 17.6 Å². The second kappa shape index (κ2) is 5.51. The van der Waals surface area contributed by atoms with Crippen molar-refractivity contribution >= 4 is 27.5 Å². The van der Waals surface area contributed by atoms with Crippen molar-refractivity contribution in [1.29, 1.82) is 0 Å². The Balaban J connectivity index is 2.53. The van der Waals surface area contributed by atoms with Crippen molar-refractivity contribution < 1.29 is 17.6 Å². The van der Waals surface area contributed by atoms with Crippen molar-refractivity contribution in [2.75, 3.05) is 0 Å². The molecule has 2 aromatic rings. The highest BCUT2D eigenvalue weighted by Gasteiger charge is 2.22. The Kier molecular flexibility index (Phi) is 4.16. The molecule has 1 unspecified atom stereocenters. The van der Waals surface area contributed by atoms with E-state index in [2.05, 4.69) is 15.9 Å². The molecular formula is C13H6BrClF4. The molecule has 0 fully saturated rings. The smallest absolute Gasteiger partial charge is 0.163 e. The first kappa shape index (κ1) is 14.3. The van der Waals surface area contributed by atoms with E-state index in [9.17, 15) is 17.6 Å². The van der Waals surface area contributed by atoms with Crippen molar-refractivity contribution in [3.8, 4) is 0 Å². The van der Waals surface area contributed by atoms with E-state index < -0.39 is 28.6 Å². The van der Waals surface area contributed by atoms with Crippen LogP contribution in [0.25, 0.3) is 0 Å². The molecule has 2 aromatic carbocycles. The third-order valence-electron chi connectivity index (χ3n) is 2.57. The molecule has 0 aliphatic carbocycles. The van der Waals surface area contributed by atoms with Gasteiger partial charge in [-0.3, -0.25) is 0 Å². The highest BCUT2D eigenvalue weighted by molar-refractivity contribution is 9.10. The Bertz CT molecular complexity index is 630. The predicted molar refractivity (Wildman–Crippen MR) is 68.1 cm³/mol. The van der Waals surface area contributed by atoms with E-state index in [4.69, 9.17) is 11.6 Å². The van der Waals surface area contributed by atoms with E-state index >= 15 is 0 Å². The van der Waals surface area contributed by atoms with Crippen molar-refractivity contribution in [2.24, 2.45) is 0 Å². The Morgan fingerprint density at radius 3 is 2.26 bits per heavy atom. The van der Waals surface area contributed by atoms with Crippen LogP contribution in [0.5, 0.6) is 0 Å². The van der Waals surface area contributed by atoms with Crippen LogP contribution in [-0.2, 0) is 0 Å². The molecule has 0 amide bonds. The number of hydrogen-bond acceptors (Lipinski definition) is 0. The molecule has 19 heavy (non-hydrogen) atoms. The lowest BCUT2D eigenvalue weighted by Gasteiger charge is -2.13. The topological polar surface area (TPSA) is 0 Å². The lowest BCUT2D eigenvalue weighted by atomic mass is 10.0. The fourth-order valence-electron chi connectivity index (χ4n) is 1.62. The van der Waals surface area contributed by atoms with Gasteiger partial charge in [-0.15, -0.1) is 11.6 Å². The van der Waals surface area contributed by atoms with E-state index in [1.807, 2.05) is 0 Å². The summed E-state index contributed by atoms with van der Waals surface area (Å²) < 4.78 is 53.7. The van der Waals surface area contributed by atoms with E-state index in [-0.39, 0.29) is 15.6 Å². The molecule has 1 atom stereocenters. The lowest BCUT2D eigenvalue weighted by Crippen LogP contribution is -2.02. The van der Waals surface area contributed by atoms with Gasteiger partial charge in [0.2, 0.25) is 0 Å². The second-order valence-corrected chi connectivity index (χ2v) is 5.08. The standard InChI is InChI=1S/C13H6BrClF4/c14-8-5-10(17)7(4-11(8)18)12(15)6-2-1-3-9(16)13(6)19/h1-5,12H. The summed E-state index contributed by atoms with van der Waals surface area (Å²) in [5.41, 5.74) is -0.505. The first-order valence-electron chi connectivity index (χ1n) is 5.14. The Hall–Kier alpha value is -1.07. The molecule has 0 aliphatic heterocycles. The maximum atomic E-state index is 13.7. The van der Waals surface area contributed by atoms with Gasteiger partial charge in [0.15, 0.2) is 11.6 Å². The van der Waals surface area contributed by atoms with Crippen LogP contribution >= 0.6 is 27.5 Å². The van der Waals surface area contributed by atoms with Crippen LogP contribution in [-0.4, -0.2) is 0 Å². The Labute approximate surface area is 120 Å². The highest BCUT2D eigenvalue weighted by atomic mass is 79.9. The summed E-state index contributed by atoms with van der Waals surface area (Å²) >= 11 is 8.73. The second-order valence-electron chi connectivity index (χ2n) is 3.79. The van der Waals surface area contributed by atoms with Crippen molar-refractivity contribution in [1.82, 2.24) is 0 Å². The van der Waals surface area contributed by atoms with Crippen molar-refractivity contribution in [3.05, 3.63) is 69.2 Å². The average molecular weight is 354 g/mol. The summed E-state index contributed by atoms with van der Waals surface area (Å²) in [7, 11) is 0.